The fourth-order valence-corrected chi connectivity index (χ4v) is 4.95. The quantitative estimate of drug-likeness (QED) is 0.110. The summed E-state index contributed by atoms with van der Waals surface area (Å²) >= 11 is 0. The lowest BCUT2D eigenvalue weighted by atomic mass is 9.94. The number of carbonyl (C=O) groups is 5. The first-order chi connectivity index (χ1) is 23.6. The van der Waals surface area contributed by atoms with E-state index in [2.05, 4.69) is 9.97 Å². The van der Waals surface area contributed by atoms with Crippen LogP contribution in [0.1, 0.15) is 79.5 Å². The Kier molecular flexibility index (Phi) is 14.8. The second-order valence-corrected chi connectivity index (χ2v) is 14.1. The molecule has 5 atom stereocenters. The number of amides is 4. The summed E-state index contributed by atoms with van der Waals surface area (Å²) in [5, 5.41) is 22.1. The molecule has 4 N–H and O–H groups in total. The number of esters is 1. The Morgan fingerprint density at radius 2 is 1.53 bits per heavy atom. The van der Waals surface area contributed by atoms with Gasteiger partial charge in [-0.3, -0.25) is 24.6 Å². The highest BCUT2D eigenvalue weighted by Gasteiger charge is 2.47. The predicted octanol–water partition coefficient (Wildman–Crippen LogP) is 3.67. The number of nitro benzene ring substituents is 1. The van der Waals surface area contributed by atoms with Gasteiger partial charge in [0, 0.05) is 36.5 Å². The van der Waals surface area contributed by atoms with E-state index in [1.807, 2.05) is 0 Å². The molecule has 0 fully saturated rings. The van der Waals surface area contributed by atoms with Crippen molar-refractivity contribution in [2.75, 3.05) is 7.11 Å². The van der Waals surface area contributed by atoms with Crippen LogP contribution in [-0.2, 0) is 41.4 Å². The van der Waals surface area contributed by atoms with Crippen LogP contribution in [0.25, 0.3) is 0 Å². The van der Waals surface area contributed by atoms with E-state index >= 15 is 0 Å². The molecule has 0 saturated heterocycles. The van der Waals surface area contributed by atoms with Gasteiger partial charge in [0.15, 0.2) is 0 Å². The number of hydrogen-bond donors (Lipinski definition) is 3. The number of hydrogen-bond acceptors (Lipinski definition) is 13. The number of aromatic nitrogens is 2. The molecule has 0 saturated carbocycles. The van der Waals surface area contributed by atoms with Crippen LogP contribution in [0.15, 0.2) is 36.8 Å². The van der Waals surface area contributed by atoms with Gasteiger partial charge in [0.05, 0.1) is 30.9 Å². The molecule has 0 bridgehead atoms. The molecular formula is C34H50N6O11. The topological polar surface area (TPSA) is 238 Å². The van der Waals surface area contributed by atoms with E-state index in [1.165, 1.54) is 36.8 Å². The number of aliphatic hydroxyl groups is 1. The van der Waals surface area contributed by atoms with Gasteiger partial charge >= 0.3 is 18.2 Å². The third-order valence-corrected chi connectivity index (χ3v) is 7.65. The van der Waals surface area contributed by atoms with Crippen molar-refractivity contribution >= 4 is 35.7 Å². The smallest absolute Gasteiger partial charge is 0.420 e. The second-order valence-electron chi connectivity index (χ2n) is 14.1. The number of ether oxygens (including phenoxy) is 3. The van der Waals surface area contributed by atoms with Crippen molar-refractivity contribution in [3.63, 3.8) is 0 Å². The molecule has 4 amide bonds. The van der Waals surface area contributed by atoms with Crippen molar-refractivity contribution < 1.29 is 48.2 Å². The lowest BCUT2D eigenvalue weighted by Gasteiger charge is -2.38. The fourth-order valence-electron chi connectivity index (χ4n) is 4.95. The van der Waals surface area contributed by atoms with E-state index in [4.69, 9.17) is 19.9 Å². The summed E-state index contributed by atoms with van der Waals surface area (Å²) in [6.45, 7) is 12.6. The zero-order valence-corrected chi connectivity index (χ0v) is 30.6. The van der Waals surface area contributed by atoms with Gasteiger partial charge in [-0.15, -0.1) is 0 Å². The molecule has 0 spiro atoms. The monoisotopic (exact) mass is 718 g/mol. The summed E-state index contributed by atoms with van der Waals surface area (Å²) in [5.41, 5.74) is 4.64. The van der Waals surface area contributed by atoms with E-state index in [-0.39, 0.29) is 24.2 Å². The van der Waals surface area contributed by atoms with Crippen molar-refractivity contribution in [2.45, 2.75) is 117 Å². The lowest BCUT2D eigenvalue weighted by molar-refractivity contribution is -0.384. The van der Waals surface area contributed by atoms with Crippen molar-refractivity contribution in [1.82, 2.24) is 19.8 Å². The first-order valence-corrected chi connectivity index (χ1v) is 16.4. The van der Waals surface area contributed by atoms with Crippen LogP contribution in [-0.4, -0.2) is 102 Å². The number of nitrogens with one attached hydrogen (secondary N) is 1. The molecule has 282 valence electrons. The number of methoxy groups -OCH3 is 1. The molecule has 0 radical (unpaired) electrons. The standard InChI is InChI=1S/C34H50N6O11/c1-10-20(2)28(30(44)49-9)39(27(42)17-26(41)24(35)15-21-11-13-23(14-12-21)40(47)48)29(43)25(16-22-18-36-19-37-22)38(31(45)50-33(3,4)5)32(46)51-34(6,7)8/h11-14,18-20,24-26,28,41H,10,15-17,35H2,1-9H3,(H,36,37)/t20-,24-,25-,26?,28-/m0/s1. The third-order valence-electron chi connectivity index (χ3n) is 7.65. The third kappa shape index (κ3) is 12.4. The van der Waals surface area contributed by atoms with Crippen LogP contribution in [0.2, 0.25) is 0 Å². The zero-order chi connectivity index (χ0) is 38.8. The molecule has 51 heavy (non-hydrogen) atoms. The molecule has 1 aromatic heterocycles. The van der Waals surface area contributed by atoms with Crippen molar-refractivity contribution in [3.05, 3.63) is 58.2 Å². The van der Waals surface area contributed by atoms with E-state index in [9.17, 15) is 39.2 Å². The van der Waals surface area contributed by atoms with Crippen molar-refractivity contribution in [2.24, 2.45) is 11.7 Å². The number of carbonyl (C=O) groups excluding carboxylic acids is 5. The molecule has 1 unspecified atom stereocenters. The summed E-state index contributed by atoms with van der Waals surface area (Å²) in [6.07, 6.45) is -2.32. The molecule has 2 rings (SSSR count). The predicted molar refractivity (Wildman–Crippen MR) is 183 cm³/mol. The van der Waals surface area contributed by atoms with Gasteiger partial charge in [0.25, 0.3) is 11.6 Å². The molecular weight excluding hydrogens is 668 g/mol. The van der Waals surface area contributed by atoms with Crippen LogP contribution in [0.4, 0.5) is 15.3 Å². The molecule has 1 heterocycles. The highest BCUT2D eigenvalue weighted by Crippen LogP contribution is 2.25. The summed E-state index contributed by atoms with van der Waals surface area (Å²) in [4.78, 5) is 88.2. The van der Waals surface area contributed by atoms with Gasteiger partial charge in [-0.25, -0.2) is 19.4 Å². The molecule has 0 aliphatic heterocycles. The number of H-pyrrole nitrogens is 1. The number of aromatic amines is 1. The summed E-state index contributed by atoms with van der Waals surface area (Å²) in [6, 6.07) is 0.986. The van der Waals surface area contributed by atoms with E-state index in [0.29, 0.717) is 15.4 Å². The Bertz CT molecular complexity index is 1490. The first-order valence-electron chi connectivity index (χ1n) is 16.4. The number of nitrogens with zero attached hydrogens (tertiary/aromatic N) is 4. The Hall–Kier alpha value is -4.90. The summed E-state index contributed by atoms with van der Waals surface area (Å²) in [5.74, 6) is -3.87. The largest absolute Gasteiger partial charge is 0.467 e. The normalized spacial score (nSPS) is 14.6. The number of imidazole rings is 1. The van der Waals surface area contributed by atoms with Crippen molar-refractivity contribution in [3.8, 4) is 0 Å². The number of nitrogens with two attached hydrogens (primary N) is 1. The van der Waals surface area contributed by atoms with Crippen LogP contribution in [0, 0.1) is 16.0 Å². The maximum absolute atomic E-state index is 14.8. The summed E-state index contributed by atoms with van der Waals surface area (Å²) in [7, 11) is 1.08. The van der Waals surface area contributed by atoms with Gasteiger partial charge in [0.2, 0.25) is 5.91 Å². The van der Waals surface area contributed by atoms with Gasteiger partial charge < -0.3 is 30.0 Å². The van der Waals surface area contributed by atoms with E-state index in [1.54, 1.807) is 55.4 Å². The van der Waals surface area contributed by atoms with Crippen LogP contribution < -0.4 is 5.73 Å². The summed E-state index contributed by atoms with van der Waals surface area (Å²) < 4.78 is 16.0. The Balaban J connectivity index is 2.68. The van der Waals surface area contributed by atoms with Gasteiger partial charge in [-0.2, -0.15) is 4.90 Å². The average Bonchev–Trinajstić information content (AvgIpc) is 3.54. The minimum absolute atomic E-state index is 0.000302. The van der Waals surface area contributed by atoms with Crippen LogP contribution in [0.5, 0.6) is 0 Å². The molecule has 1 aromatic carbocycles. The number of imide groups is 2. The highest BCUT2D eigenvalue weighted by atomic mass is 16.6. The van der Waals surface area contributed by atoms with Gasteiger partial charge in [-0.05, 0) is 59.4 Å². The Morgan fingerprint density at radius 3 is 1.96 bits per heavy atom. The zero-order valence-electron chi connectivity index (χ0n) is 30.6. The molecule has 0 aliphatic carbocycles. The highest BCUT2D eigenvalue weighted by molar-refractivity contribution is 6.05. The fraction of sp³-hybridized carbons (Fsp3) is 0.588. The second kappa shape index (κ2) is 17.8. The van der Waals surface area contributed by atoms with Crippen molar-refractivity contribution in [1.29, 1.82) is 0 Å². The number of rotatable bonds is 14. The van der Waals surface area contributed by atoms with Gasteiger partial charge in [-0.1, -0.05) is 32.4 Å². The molecule has 2 aromatic rings. The van der Waals surface area contributed by atoms with Crippen LogP contribution in [0.3, 0.4) is 0 Å². The van der Waals surface area contributed by atoms with E-state index < -0.39 is 89.1 Å². The molecule has 17 nitrogen and oxygen atoms in total. The van der Waals surface area contributed by atoms with Crippen LogP contribution >= 0.6 is 0 Å². The van der Waals surface area contributed by atoms with Gasteiger partial charge in [0.1, 0.15) is 23.3 Å². The molecule has 17 heteroatoms. The molecule has 0 aliphatic rings. The van der Waals surface area contributed by atoms with E-state index in [0.717, 1.165) is 7.11 Å². The maximum atomic E-state index is 14.8. The minimum Gasteiger partial charge on any atom is -0.467 e. The SMILES string of the molecule is CC[C@H](C)[C@@H](C(=O)OC)N(C(=O)CC(O)[C@@H](N)Cc1ccc([N+](=O)[O-])cc1)C(=O)[C@H](Cc1cnc[nH]1)N(C(=O)OC(C)(C)C)C(=O)OC(C)(C)C. The first kappa shape index (κ1) is 42.3. The lowest BCUT2D eigenvalue weighted by Crippen LogP contribution is -2.61. The number of aliphatic hydroxyl groups excluding tert-OH is 1. The Labute approximate surface area is 296 Å². The maximum Gasteiger partial charge on any atom is 0.420 e. The average molecular weight is 719 g/mol. The number of benzene rings is 1. The number of non-ortho nitro benzene ring substituents is 1. The Morgan fingerprint density at radius 1 is 0.980 bits per heavy atom. The number of nitro groups is 1. The minimum atomic E-state index is -1.83.